The molecule has 0 bridgehead atoms. The van der Waals surface area contributed by atoms with Gasteiger partial charge in [-0.25, -0.2) is 0 Å². The van der Waals surface area contributed by atoms with Crippen molar-refractivity contribution >= 4 is 5.91 Å². The van der Waals surface area contributed by atoms with E-state index < -0.39 is 0 Å². The fraction of sp³-hybridized carbons (Fsp3) is 0.538. The van der Waals surface area contributed by atoms with Gasteiger partial charge in [0.15, 0.2) is 5.76 Å². The van der Waals surface area contributed by atoms with E-state index in [0.29, 0.717) is 12.3 Å². The van der Waals surface area contributed by atoms with Crippen LogP contribution in [0.25, 0.3) is 0 Å². The molecular formula is C13H17N3O2. The van der Waals surface area contributed by atoms with Crippen LogP contribution in [0.4, 0.5) is 0 Å². The largest absolute Gasteiger partial charge is 0.459 e. The van der Waals surface area contributed by atoms with Crippen LogP contribution in [-0.2, 0) is 0 Å². The summed E-state index contributed by atoms with van der Waals surface area (Å²) < 4.78 is 5.16. The first-order chi connectivity index (χ1) is 8.70. The van der Waals surface area contributed by atoms with Gasteiger partial charge in [-0.15, -0.1) is 0 Å². The molecule has 0 aliphatic carbocycles. The van der Waals surface area contributed by atoms with Gasteiger partial charge in [-0.05, 0) is 25.8 Å². The molecular weight excluding hydrogens is 230 g/mol. The number of hydrogen-bond donors (Lipinski definition) is 1. The van der Waals surface area contributed by atoms with Gasteiger partial charge in [-0.1, -0.05) is 0 Å². The first kappa shape index (κ1) is 12.7. The van der Waals surface area contributed by atoms with Crippen LogP contribution in [0.3, 0.4) is 0 Å². The highest BCUT2D eigenvalue weighted by Gasteiger charge is 2.22. The molecule has 5 heteroatoms. The molecule has 0 radical (unpaired) electrons. The zero-order valence-corrected chi connectivity index (χ0v) is 10.5. The summed E-state index contributed by atoms with van der Waals surface area (Å²) in [6.45, 7) is 4.04. The van der Waals surface area contributed by atoms with Gasteiger partial charge in [0.1, 0.15) is 0 Å². The second kappa shape index (κ2) is 5.69. The lowest BCUT2D eigenvalue weighted by atomic mass is 10.0. The lowest BCUT2D eigenvalue weighted by Gasteiger charge is -2.30. The quantitative estimate of drug-likeness (QED) is 0.817. The van der Waals surface area contributed by atoms with Crippen molar-refractivity contribution in [1.82, 2.24) is 10.2 Å². The monoisotopic (exact) mass is 247 g/mol. The van der Waals surface area contributed by atoms with Gasteiger partial charge in [0, 0.05) is 24.7 Å². The predicted octanol–water partition coefficient (Wildman–Crippen LogP) is 1.31. The van der Waals surface area contributed by atoms with E-state index >= 15 is 0 Å². The fourth-order valence-corrected chi connectivity index (χ4v) is 2.19. The van der Waals surface area contributed by atoms with E-state index in [4.69, 9.17) is 9.68 Å². The summed E-state index contributed by atoms with van der Waals surface area (Å²) in [5, 5.41) is 11.6. The van der Waals surface area contributed by atoms with Crippen molar-refractivity contribution in [3.63, 3.8) is 0 Å². The lowest BCUT2D eigenvalue weighted by Crippen LogP contribution is -2.44. The van der Waals surface area contributed by atoms with Crippen LogP contribution in [0.1, 0.15) is 29.0 Å². The molecule has 1 fully saturated rings. The third kappa shape index (κ3) is 2.90. The van der Waals surface area contributed by atoms with E-state index in [9.17, 15) is 4.79 Å². The summed E-state index contributed by atoms with van der Waals surface area (Å²) in [6.07, 6.45) is 3.29. The van der Waals surface area contributed by atoms with E-state index in [-0.39, 0.29) is 11.9 Å². The van der Waals surface area contributed by atoms with Gasteiger partial charge < -0.3 is 9.73 Å². The number of nitriles is 1. The molecule has 1 aliphatic heterocycles. The molecule has 18 heavy (non-hydrogen) atoms. The predicted molar refractivity (Wildman–Crippen MR) is 66.0 cm³/mol. The lowest BCUT2D eigenvalue weighted by molar-refractivity contribution is 0.0885. The Labute approximate surface area is 106 Å². The summed E-state index contributed by atoms with van der Waals surface area (Å²) in [6, 6.07) is 4.11. The number of nitrogens with one attached hydrogen (secondary N) is 1. The normalized spacial score (nSPS) is 17.3. The van der Waals surface area contributed by atoms with Crippen LogP contribution in [0, 0.1) is 18.3 Å². The van der Waals surface area contributed by atoms with E-state index in [2.05, 4.69) is 16.3 Å². The van der Waals surface area contributed by atoms with Crippen molar-refractivity contribution in [2.24, 2.45) is 0 Å². The number of furan rings is 1. The average molecular weight is 247 g/mol. The maximum Gasteiger partial charge on any atom is 0.287 e. The summed E-state index contributed by atoms with van der Waals surface area (Å²) >= 11 is 0. The number of likely N-dealkylation sites (tertiary alicyclic amines) is 1. The SMILES string of the molecule is Cc1ccoc1C(=O)NC1CCN(CC#N)CC1. The van der Waals surface area contributed by atoms with Crippen molar-refractivity contribution in [2.45, 2.75) is 25.8 Å². The highest BCUT2D eigenvalue weighted by atomic mass is 16.3. The molecule has 5 nitrogen and oxygen atoms in total. The Kier molecular flexibility index (Phi) is 4.00. The third-order valence-corrected chi connectivity index (χ3v) is 3.29. The minimum Gasteiger partial charge on any atom is -0.459 e. The van der Waals surface area contributed by atoms with Crippen LogP contribution in [0.2, 0.25) is 0 Å². The average Bonchev–Trinajstić information content (AvgIpc) is 2.78. The Morgan fingerprint density at radius 3 is 2.89 bits per heavy atom. The third-order valence-electron chi connectivity index (χ3n) is 3.29. The molecule has 2 heterocycles. The summed E-state index contributed by atoms with van der Waals surface area (Å²) in [5.74, 6) is 0.255. The maximum absolute atomic E-state index is 11.9. The molecule has 0 atom stereocenters. The number of amides is 1. The highest BCUT2D eigenvalue weighted by Crippen LogP contribution is 2.13. The first-order valence-corrected chi connectivity index (χ1v) is 6.15. The van der Waals surface area contributed by atoms with Gasteiger partial charge in [-0.3, -0.25) is 9.69 Å². The summed E-state index contributed by atoms with van der Waals surface area (Å²) in [5.41, 5.74) is 0.856. The second-order valence-electron chi connectivity index (χ2n) is 4.61. The second-order valence-corrected chi connectivity index (χ2v) is 4.61. The highest BCUT2D eigenvalue weighted by molar-refractivity contribution is 5.92. The zero-order valence-electron chi connectivity index (χ0n) is 10.5. The number of rotatable bonds is 3. The standard InChI is InChI=1S/C13H17N3O2/c1-10-4-9-18-12(10)13(17)15-11-2-6-16(7-3-11)8-5-14/h4,9,11H,2-3,6-8H2,1H3,(H,15,17). The number of piperidine rings is 1. The molecule has 1 aromatic rings. The van der Waals surface area contributed by atoms with E-state index in [0.717, 1.165) is 31.5 Å². The Bertz CT molecular complexity index is 453. The van der Waals surface area contributed by atoms with Crippen molar-refractivity contribution in [1.29, 1.82) is 5.26 Å². The maximum atomic E-state index is 11.9. The van der Waals surface area contributed by atoms with Crippen molar-refractivity contribution < 1.29 is 9.21 Å². The number of carbonyl (C=O) groups excluding carboxylic acids is 1. The minimum atomic E-state index is -0.142. The molecule has 0 aromatic carbocycles. The van der Waals surface area contributed by atoms with Crippen LogP contribution >= 0.6 is 0 Å². The van der Waals surface area contributed by atoms with Gasteiger partial charge in [-0.2, -0.15) is 5.26 Å². The smallest absolute Gasteiger partial charge is 0.287 e. The molecule has 1 N–H and O–H groups in total. The van der Waals surface area contributed by atoms with Crippen molar-refractivity contribution in [3.8, 4) is 6.07 Å². The molecule has 1 aromatic heterocycles. The van der Waals surface area contributed by atoms with Crippen LogP contribution in [0.5, 0.6) is 0 Å². The Balaban J connectivity index is 1.84. The first-order valence-electron chi connectivity index (χ1n) is 6.15. The molecule has 1 saturated heterocycles. The summed E-state index contributed by atoms with van der Waals surface area (Å²) in [7, 11) is 0. The fourth-order valence-electron chi connectivity index (χ4n) is 2.19. The number of hydrogen-bond acceptors (Lipinski definition) is 4. The van der Waals surface area contributed by atoms with Crippen LogP contribution in [-0.4, -0.2) is 36.5 Å². The zero-order chi connectivity index (χ0) is 13.0. The van der Waals surface area contributed by atoms with E-state index in [1.807, 2.05) is 6.92 Å². The number of aryl methyl sites for hydroxylation is 1. The Morgan fingerprint density at radius 2 is 2.33 bits per heavy atom. The van der Waals surface area contributed by atoms with Crippen molar-refractivity contribution in [2.75, 3.05) is 19.6 Å². The number of nitrogens with zero attached hydrogens (tertiary/aromatic N) is 2. The van der Waals surface area contributed by atoms with Crippen LogP contribution in [0.15, 0.2) is 16.7 Å². The van der Waals surface area contributed by atoms with Crippen molar-refractivity contribution in [3.05, 3.63) is 23.7 Å². The van der Waals surface area contributed by atoms with Gasteiger partial charge in [0.05, 0.1) is 18.9 Å². The Morgan fingerprint density at radius 1 is 1.61 bits per heavy atom. The van der Waals surface area contributed by atoms with Crippen LogP contribution < -0.4 is 5.32 Å². The van der Waals surface area contributed by atoms with Gasteiger partial charge in [0.2, 0.25) is 0 Å². The topological polar surface area (TPSA) is 69.3 Å². The number of carbonyl (C=O) groups is 1. The Hall–Kier alpha value is -1.80. The molecule has 1 amide bonds. The minimum absolute atomic E-state index is 0.142. The van der Waals surface area contributed by atoms with E-state index in [1.165, 1.54) is 6.26 Å². The molecule has 0 unspecified atom stereocenters. The molecule has 0 saturated carbocycles. The molecule has 2 rings (SSSR count). The van der Waals surface area contributed by atoms with E-state index in [1.54, 1.807) is 6.07 Å². The molecule has 96 valence electrons. The summed E-state index contributed by atoms with van der Waals surface area (Å²) in [4.78, 5) is 14.0. The van der Waals surface area contributed by atoms with Gasteiger partial charge >= 0.3 is 0 Å². The molecule has 1 aliphatic rings. The molecule has 0 spiro atoms. The van der Waals surface area contributed by atoms with Gasteiger partial charge in [0.25, 0.3) is 5.91 Å².